The van der Waals surface area contributed by atoms with Gasteiger partial charge in [0.15, 0.2) is 0 Å². The van der Waals surface area contributed by atoms with Gasteiger partial charge in [-0.2, -0.15) is 0 Å². The molecule has 3 nitrogen and oxygen atoms in total. The third-order valence-corrected chi connectivity index (χ3v) is 1.72. The Morgan fingerprint density at radius 3 is 2.45 bits per heavy atom. The van der Waals surface area contributed by atoms with Crippen LogP contribution in [0.1, 0.15) is 33.6 Å². The second kappa shape index (κ2) is 4.88. The van der Waals surface area contributed by atoms with E-state index >= 15 is 0 Å². The Balaban J connectivity index is 4.22. The summed E-state index contributed by atoms with van der Waals surface area (Å²) in [6.45, 7) is 5.81. The summed E-state index contributed by atoms with van der Waals surface area (Å²) in [5.41, 5.74) is 0.333. The lowest BCUT2D eigenvalue weighted by Crippen LogP contribution is -2.00. The molecule has 0 rings (SSSR count). The minimum absolute atomic E-state index is 0.299. The van der Waals surface area contributed by atoms with Crippen molar-refractivity contribution in [3.05, 3.63) is 21.9 Å². The van der Waals surface area contributed by atoms with Crippen LogP contribution in [0.25, 0.3) is 0 Å². The van der Waals surface area contributed by atoms with Crippen molar-refractivity contribution in [2.75, 3.05) is 0 Å². The molecule has 0 aromatic heterocycles. The van der Waals surface area contributed by atoms with Gasteiger partial charge in [-0.3, -0.25) is 10.1 Å². The third kappa shape index (κ3) is 3.75. The van der Waals surface area contributed by atoms with Crippen molar-refractivity contribution in [3.8, 4) is 0 Å². The quantitative estimate of drug-likeness (QED) is 0.465. The highest BCUT2D eigenvalue weighted by atomic mass is 16.6. The third-order valence-electron chi connectivity index (χ3n) is 1.72. The minimum atomic E-state index is -0.299. The van der Waals surface area contributed by atoms with E-state index in [4.69, 9.17) is 0 Å². The standard InChI is InChI=1S/C8H15NO2/c1-4-7(3)6-8(5-2)9(10)11/h6-7H,4-5H2,1-3H3. The maximum atomic E-state index is 10.3. The van der Waals surface area contributed by atoms with Crippen LogP contribution >= 0.6 is 0 Å². The SMILES string of the molecule is CCC(=CC(C)CC)[N+](=O)[O-]. The molecule has 0 saturated carbocycles. The van der Waals surface area contributed by atoms with E-state index in [0.717, 1.165) is 6.42 Å². The van der Waals surface area contributed by atoms with Crippen LogP contribution in [0.3, 0.4) is 0 Å². The lowest BCUT2D eigenvalue weighted by molar-refractivity contribution is -0.428. The molecule has 1 unspecified atom stereocenters. The lowest BCUT2D eigenvalue weighted by Gasteiger charge is -2.00. The molecule has 0 radical (unpaired) electrons. The van der Waals surface area contributed by atoms with Gasteiger partial charge < -0.3 is 0 Å². The van der Waals surface area contributed by atoms with Crippen molar-refractivity contribution in [2.24, 2.45) is 5.92 Å². The average Bonchev–Trinajstić information content (AvgIpc) is 1.99. The number of hydrogen-bond acceptors (Lipinski definition) is 2. The highest BCUT2D eigenvalue weighted by Gasteiger charge is 2.08. The van der Waals surface area contributed by atoms with Crippen molar-refractivity contribution in [2.45, 2.75) is 33.6 Å². The molecule has 0 fully saturated rings. The predicted octanol–water partition coefficient (Wildman–Crippen LogP) is 2.60. The summed E-state index contributed by atoms with van der Waals surface area (Å²) in [7, 11) is 0. The van der Waals surface area contributed by atoms with Gasteiger partial charge in [0.1, 0.15) is 0 Å². The summed E-state index contributed by atoms with van der Waals surface area (Å²) in [4.78, 5) is 10.0. The summed E-state index contributed by atoms with van der Waals surface area (Å²) in [5, 5.41) is 10.3. The number of rotatable bonds is 4. The van der Waals surface area contributed by atoms with Crippen molar-refractivity contribution >= 4 is 0 Å². The van der Waals surface area contributed by atoms with Gasteiger partial charge in [-0.25, -0.2) is 0 Å². The molecule has 0 N–H and O–H groups in total. The van der Waals surface area contributed by atoms with Crippen LogP contribution in [0, 0.1) is 16.0 Å². The Hall–Kier alpha value is -0.860. The molecule has 64 valence electrons. The summed E-state index contributed by atoms with van der Waals surface area (Å²) in [5.74, 6) is 0.315. The van der Waals surface area contributed by atoms with Crippen LogP contribution in [0.2, 0.25) is 0 Å². The molecule has 0 aromatic rings. The molecule has 0 aliphatic carbocycles. The van der Waals surface area contributed by atoms with E-state index in [1.54, 1.807) is 13.0 Å². The first kappa shape index (κ1) is 10.1. The van der Waals surface area contributed by atoms with Crippen LogP contribution in [0.5, 0.6) is 0 Å². The van der Waals surface area contributed by atoms with Crippen LogP contribution in [0.4, 0.5) is 0 Å². The second-order valence-corrected chi connectivity index (χ2v) is 2.65. The van der Waals surface area contributed by atoms with Gasteiger partial charge in [-0.1, -0.05) is 20.8 Å². The van der Waals surface area contributed by atoms with Gasteiger partial charge in [0, 0.05) is 6.42 Å². The van der Waals surface area contributed by atoms with Crippen molar-refractivity contribution in [1.29, 1.82) is 0 Å². The predicted molar refractivity (Wildman–Crippen MR) is 44.8 cm³/mol. The first-order valence-corrected chi connectivity index (χ1v) is 3.96. The summed E-state index contributed by atoms with van der Waals surface area (Å²) >= 11 is 0. The van der Waals surface area contributed by atoms with Crippen molar-refractivity contribution < 1.29 is 4.92 Å². The highest BCUT2D eigenvalue weighted by molar-refractivity contribution is 4.93. The van der Waals surface area contributed by atoms with E-state index in [0.29, 0.717) is 18.0 Å². The Labute approximate surface area is 67.3 Å². The molecular weight excluding hydrogens is 142 g/mol. The zero-order valence-electron chi connectivity index (χ0n) is 7.33. The number of allylic oxidation sites excluding steroid dienone is 2. The van der Waals surface area contributed by atoms with Crippen LogP contribution in [0.15, 0.2) is 11.8 Å². The van der Waals surface area contributed by atoms with Gasteiger partial charge in [-0.05, 0) is 18.4 Å². The van der Waals surface area contributed by atoms with Gasteiger partial charge in [0.05, 0.1) is 4.92 Å². The Bertz CT molecular complexity index is 163. The first-order valence-electron chi connectivity index (χ1n) is 3.96. The van der Waals surface area contributed by atoms with Crippen LogP contribution in [-0.4, -0.2) is 4.92 Å². The molecular formula is C8H15NO2. The van der Waals surface area contributed by atoms with Crippen molar-refractivity contribution in [1.82, 2.24) is 0 Å². The zero-order valence-corrected chi connectivity index (χ0v) is 7.33. The molecule has 0 bridgehead atoms. The Kier molecular flexibility index (Phi) is 4.50. The molecule has 0 heterocycles. The van der Waals surface area contributed by atoms with Gasteiger partial charge in [0.2, 0.25) is 5.70 Å². The second-order valence-electron chi connectivity index (χ2n) is 2.65. The smallest absolute Gasteiger partial charge is 0.242 e. The molecule has 0 amide bonds. The fraction of sp³-hybridized carbons (Fsp3) is 0.750. The molecule has 0 saturated heterocycles. The molecule has 11 heavy (non-hydrogen) atoms. The fourth-order valence-corrected chi connectivity index (χ4v) is 0.754. The molecule has 0 spiro atoms. The molecule has 3 heteroatoms. The van der Waals surface area contributed by atoms with E-state index < -0.39 is 0 Å². The maximum Gasteiger partial charge on any atom is 0.242 e. The van der Waals surface area contributed by atoms with Crippen LogP contribution < -0.4 is 0 Å². The van der Waals surface area contributed by atoms with Crippen LogP contribution in [-0.2, 0) is 0 Å². The first-order chi connectivity index (χ1) is 5.11. The van der Waals surface area contributed by atoms with E-state index in [2.05, 4.69) is 0 Å². The minimum Gasteiger partial charge on any atom is -0.259 e. The largest absolute Gasteiger partial charge is 0.259 e. The number of nitrogens with zero attached hydrogens (tertiary/aromatic N) is 1. The van der Waals surface area contributed by atoms with Crippen molar-refractivity contribution in [3.63, 3.8) is 0 Å². The number of nitro groups is 1. The molecule has 1 atom stereocenters. The molecule has 0 aliphatic heterocycles. The van der Waals surface area contributed by atoms with Gasteiger partial charge in [-0.15, -0.1) is 0 Å². The summed E-state index contributed by atoms with van der Waals surface area (Å²) in [6, 6.07) is 0. The topological polar surface area (TPSA) is 43.1 Å². The Morgan fingerprint density at radius 1 is 1.64 bits per heavy atom. The average molecular weight is 157 g/mol. The fourth-order valence-electron chi connectivity index (χ4n) is 0.754. The Morgan fingerprint density at radius 2 is 2.18 bits per heavy atom. The lowest BCUT2D eigenvalue weighted by atomic mass is 10.1. The number of hydrogen-bond donors (Lipinski definition) is 0. The van der Waals surface area contributed by atoms with Gasteiger partial charge >= 0.3 is 0 Å². The maximum absolute atomic E-state index is 10.3. The van der Waals surface area contributed by atoms with Gasteiger partial charge in [0.25, 0.3) is 0 Å². The molecule has 0 aliphatic rings. The van der Waals surface area contributed by atoms with E-state index in [-0.39, 0.29) is 4.92 Å². The highest BCUT2D eigenvalue weighted by Crippen LogP contribution is 2.09. The summed E-state index contributed by atoms with van der Waals surface area (Å²) < 4.78 is 0. The monoisotopic (exact) mass is 157 g/mol. The van der Waals surface area contributed by atoms with E-state index in [1.807, 2.05) is 13.8 Å². The normalized spacial score (nSPS) is 14.6. The molecule has 0 aromatic carbocycles. The van der Waals surface area contributed by atoms with E-state index in [9.17, 15) is 10.1 Å². The van der Waals surface area contributed by atoms with E-state index in [1.165, 1.54) is 0 Å². The summed E-state index contributed by atoms with van der Waals surface area (Å²) in [6.07, 6.45) is 3.20. The zero-order chi connectivity index (χ0) is 8.85.